The molecule has 2 heterocycles. The average molecular weight is 398 g/mol. The minimum atomic E-state index is -0.588. The first-order valence-corrected chi connectivity index (χ1v) is 8.64. The smallest absolute Gasteiger partial charge is 0.358 e. The molecule has 1 aliphatic heterocycles. The second kappa shape index (κ2) is 7.65. The fourth-order valence-electron chi connectivity index (χ4n) is 2.78. The van der Waals surface area contributed by atoms with Gasteiger partial charge in [-0.2, -0.15) is 5.10 Å². The van der Waals surface area contributed by atoms with Gasteiger partial charge in [0.05, 0.1) is 30.3 Å². The molecule has 1 unspecified atom stereocenters. The summed E-state index contributed by atoms with van der Waals surface area (Å²) in [5.74, 6) is -0.821. The van der Waals surface area contributed by atoms with Gasteiger partial charge in [0.2, 0.25) is 0 Å². The summed E-state index contributed by atoms with van der Waals surface area (Å²) in [6.45, 7) is 1.18. The molecule has 9 heteroatoms. The van der Waals surface area contributed by atoms with Gasteiger partial charge < -0.3 is 14.4 Å². The lowest BCUT2D eigenvalue weighted by Gasteiger charge is -2.33. The third kappa shape index (κ3) is 3.70. The zero-order chi connectivity index (χ0) is 18.8. The molecule has 0 bridgehead atoms. The maximum absolute atomic E-state index is 12.9. The largest absolute Gasteiger partial charge is 0.464 e. The number of morpholine rings is 1. The Morgan fingerprint density at radius 2 is 2.04 bits per heavy atom. The van der Waals surface area contributed by atoms with Crippen molar-refractivity contribution in [1.29, 1.82) is 0 Å². The number of aryl methyl sites for hydroxylation is 1. The molecule has 7 nitrogen and oxygen atoms in total. The molecule has 1 amide bonds. The van der Waals surface area contributed by atoms with Crippen LogP contribution in [0.3, 0.4) is 0 Å². The lowest BCUT2D eigenvalue weighted by Crippen LogP contribution is -2.42. The number of hydrogen-bond acceptors (Lipinski definition) is 5. The molecule has 3 rings (SSSR count). The van der Waals surface area contributed by atoms with Gasteiger partial charge in [0, 0.05) is 19.7 Å². The Bertz CT molecular complexity index is 853. The number of aromatic nitrogens is 2. The van der Waals surface area contributed by atoms with Crippen LogP contribution in [0.1, 0.15) is 32.6 Å². The molecule has 0 aliphatic carbocycles. The van der Waals surface area contributed by atoms with Gasteiger partial charge in [-0.3, -0.25) is 9.48 Å². The van der Waals surface area contributed by atoms with Gasteiger partial charge in [-0.15, -0.1) is 0 Å². The summed E-state index contributed by atoms with van der Waals surface area (Å²) in [6.07, 6.45) is -0.309. The molecular weight excluding hydrogens is 381 g/mol. The lowest BCUT2D eigenvalue weighted by molar-refractivity contribution is -0.0231. The highest BCUT2D eigenvalue weighted by Crippen LogP contribution is 2.29. The quantitative estimate of drug-likeness (QED) is 0.744. The van der Waals surface area contributed by atoms with E-state index >= 15 is 0 Å². The van der Waals surface area contributed by atoms with Crippen molar-refractivity contribution >= 4 is 35.1 Å². The number of ether oxygens (including phenoxy) is 2. The maximum Gasteiger partial charge on any atom is 0.358 e. The number of rotatable bonds is 3. The molecule has 0 spiro atoms. The SMILES string of the molecule is COC(=O)c1cc(C(=O)N2CCOC(c3ccc(Cl)c(Cl)c3)C2)n(C)n1. The highest BCUT2D eigenvalue weighted by Gasteiger charge is 2.29. The van der Waals surface area contributed by atoms with E-state index in [2.05, 4.69) is 9.84 Å². The predicted octanol–water partition coefficient (Wildman–Crippen LogP) is 2.73. The first-order chi connectivity index (χ1) is 12.4. The van der Waals surface area contributed by atoms with Crippen LogP contribution in [-0.4, -0.2) is 53.4 Å². The third-order valence-corrected chi connectivity index (χ3v) is 4.90. The van der Waals surface area contributed by atoms with Crippen molar-refractivity contribution in [3.63, 3.8) is 0 Å². The Balaban J connectivity index is 1.79. The van der Waals surface area contributed by atoms with Crippen LogP contribution in [0.2, 0.25) is 10.0 Å². The van der Waals surface area contributed by atoms with Crippen LogP contribution in [-0.2, 0) is 16.5 Å². The van der Waals surface area contributed by atoms with Crippen LogP contribution in [0, 0.1) is 0 Å². The van der Waals surface area contributed by atoms with E-state index in [1.165, 1.54) is 17.9 Å². The highest BCUT2D eigenvalue weighted by atomic mass is 35.5. The molecule has 1 aromatic carbocycles. The van der Waals surface area contributed by atoms with Gasteiger partial charge in [-0.05, 0) is 17.7 Å². The number of carbonyl (C=O) groups is 2. The zero-order valence-corrected chi connectivity index (χ0v) is 15.8. The Morgan fingerprint density at radius 1 is 1.27 bits per heavy atom. The van der Waals surface area contributed by atoms with E-state index in [-0.39, 0.29) is 17.7 Å². The molecule has 0 radical (unpaired) electrons. The summed E-state index contributed by atoms with van der Waals surface area (Å²) in [4.78, 5) is 26.1. The van der Waals surface area contributed by atoms with Gasteiger partial charge in [-0.1, -0.05) is 29.3 Å². The number of amides is 1. The predicted molar refractivity (Wildman–Crippen MR) is 95.6 cm³/mol. The van der Waals surface area contributed by atoms with Crippen LogP contribution in [0.5, 0.6) is 0 Å². The Labute approximate surface area is 160 Å². The van der Waals surface area contributed by atoms with E-state index in [1.54, 1.807) is 24.1 Å². The van der Waals surface area contributed by atoms with Crippen molar-refractivity contribution in [2.45, 2.75) is 6.10 Å². The summed E-state index contributed by atoms with van der Waals surface area (Å²) >= 11 is 12.0. The molecule has 0 N–H and O–H groups in total. The molecule has 1 aromatic heterocycles. The molecule has 26 heavy (non-hydrogen) atoms. The van der Waals surface area contributed by atoms with Crippen LogP contribution in [0.15, 0.2) is 24.3 Å². The number of nitrogens with zero attached hydrogens (tertiary/aromatic N) is 3. The van der Waals surface area contributed by atoms with E-state index in [4.69, 9.17) is 27.9 Å². The summed E-state index contributed by atoms with van der Waals surface area (Å²) in [7, 11) is 2.87. The van der Waals surface area contributed by atoms with E-state index in [0.29, 0.717) is 35.4 Å². The van der Waals surface area contributed by atoms with Gasteiger partial charge in [-0.25, -0.2) is 4.79 Å². The fourth-order valence-corrected chi connectivity index (χ4v) is 3.09. The monoisotopic (exact) mass is 397 g/mol. The summed E-state index contributed by atoms with van der Waals surface area (Å²) in [6, 6.07) is 6.69. The van der Waals surface area contributed by atoms with Crippen LogP contribution >= 0.6 is 23.2 Å². The number of benzene rings is 1. The summed E-state index contributed by atoms with van der Waals surface area (Å²) in [5.41, 5.74) is 1.24. The second-order valence-electron chi connectivity index (χ2n) is 5.81. The molecule has 2 aromatic rings. The average Bonchev–Trinajstić information content (AvgIpc) is 3.04. The molecule has 1 saturated heterocycles. The number of methoxy groups -OCH3 is 1. The second-order valence-corrected chi connectivity index (χ2v) is 6.63. The number of esters is 1. The van der Waals surface area contributed by atoms with Crippen molar-refractivity contribution in [1.82, 2.24) is 14.7 Å². The molecule has 0 saturated carbocycles. The van der Waals surface area contributed by atoms with Crippen molar-refractivity contribution in [3.8, 4) is 0 Å². The third-order valence-electron chi connectivity index (χ3n) is 4.16. The highest BCUT2D eigenvalue weighted by molar-refractivity contribution is 6.42. The zero-order valence-electron chi connectivity index (χ0n) is 14.2. The Morgan fingerprint density at radius 3 is 2.73 bits per heavy atom. The van der Waals surface area contributed by atoms with Crippen molar-refractivity contribution < 1.29 is 19.1 Å². The Kier molecular flexibility index (Phi) is 5.50. The van der Waals surface area contributed by atoms with E-state index in [1.807, 2.05) is 6.07 Å². The first kappa shape index (κ1) is 18.7. The first-order valence-electron chi connectivity index (χ1n) is 7.89. The minimum Gasteiger partial charge on any atom is -0.464 e. The normalized spacial score (nSPS) is 17.2. The standard InChI is InChI=1S/C17H17Cl2N3O4/c1-21-14(8-13(20-21)17(24)25-2)16(23)22-5-6-26-15(9-22)10-3-4-11(18)12(19)7-10/h3-4,7-8,15H,5-6,9H2,1-2H3. The maximum atomic E-state index is 12.9. The number of hydrogen-bond donors (Lipinski definition) is 0. The minimum absolute atomic E-state index is 0.0904. The van der Waals surface area contributed by atoms with E-state index < -0.39 is 5.97 Å². The lowest BCUT2D eigenvalue weighted by atomic mass is 10.1. The van der Waals surface area contributed by atoms with Gasteiger partial charge in [0.15, 0.2) is 5.69 Å². The van der Waals surface area contributed by atoms with Crippen LogP contribution < -0.4 is 0 Å². The van der Waals surface area contributed by atoms with Crippen LogP contribution in [0.4, 0.5) is 0 Å². The van der Waals surface area contributed by atoms with Crippen molar-refractivity contribution in [2.24, 2.45) is 7.05 Å². The number of carbonyl (C=O) groups excluding carboxylic acids is 2. The van der Waals surface area contributed by atoms with E-state index in [0.717, 1.165) is 5.56 Å². The molecule has 1 fully saturated rings. The van der Waals surface area contributed by atoms with Gasteiger partial charge >= 0.3 is 5.97 Å². The molecular formula is C17H17Cl2N3O4. The van der Waals surface area contributed by atoms with Crippen molar-refractivity contribution in [2.75, 3.05) is 26.8 Å². The fraction of sp³-hybridized carbons (Fsp3) is 0.353. The van der Waals surface area contributed by atoms with Gasteiger partial charge in [0.25, 0.3) is 5.91 Å². The van der Waals surface area contributed by atoms with Gasteiger partial charge in [0.1, 0.15) is 11.8 Å². The molecule has 1 aliphatic rings. The topological polar surface area (TPSA) is 73.7 Å². The van der Waals surface area contributed by atoms with Crippen LogP contribution in [0.25, 0.3) is 0 Å². The summed E-state index contributed by atoms with van der Waals surface area (Å²) < 4.78 is 11.8. The number of halogens is 2. The Hall–Kier alpha value is -2.09. The molecule has 1 atom stereocenters. The summed E-state index contributed by atoms with van der Waals surface area (Å²) in [5, 5.41) is 4.93. The van der Waals surface area contributed by atoms with E-state index in [9.17, 15) is 9.59 Å². The van der Waals surface area contributed by atoms with Crippen molar-refractivity contribution in [3.05, 3.63) is 51.3 Å². The molecule has 138 valence electrons.